The maximum Gasteiger partial charge on any atom is 0.266 e. The lowest BCUT2D eigenvalue weighted by atomic mass is 10.2. The van der Waals surface area contributed by atoms with Gasteiger partial charge in [0, 0.05) is 5.02 Å². The number of aryl methyl sites for hydroxylation is 1. The second kappa shape index (κ2) is 7.80. The van der Waals surface area contributed by atoms with Gasteiger partial charge in [-0.25, -0.2) is 0 Å². The maximum atomic E-state index is 12.1. The van der Waals surface area contributed by atoms with Gasteiger partial charge in [0.2, 0.25) is 5.13 Å². The maximum absolute atomic E-state index is 12.1. The number of amides is 1. The SMILES string of the molecule is CCSc1nnc(NC(=O)[C@@H](C)Oc2ccc(Cl)cc2C)s1. The number of benzene rings is 1. The molecule has 0 aliphatic carbocycles. The van der Waals surface area contributed by atoms with Crippen LogP contribution < -0.4 is 10.1 Å². The molecule has 0 aliphatic heterocycles. The van der Waals surface area contributed by atoms with Gasteiger partial charge in [-0.1, -0.05) is 41.6 Å². The molecule has 1 N–H and O–H groups in total. The van der Waals surface area contributed by atoms with Crippen molar-refractivity contribution in [2.75, 3.05) is 11.1 Å². The molecule has 118 valence electrons. The third-order valence-corrected chi connectivity index (χ3v) is 4.80. The molecule has 0 saturated heterocycles. The van der Waals surface area contributed by atoms with Crippen LogP contribution in [0.4, 0.5) is 5.13 Å². The van der Waals surface area contributed by atoms with Crippen molar-refractivity contribution in [3.05, 3.63) is 28.8 Å². The van der Waals surface area contributed by atoms with Gasteiger partial charge >= 0.3 is 0 Å². The summed E-state index contributed by atoms with van der Waals surface area (Å²) in [4.78, 5) is 12.1. The van der Waals surface area contributed by atoms with Gasteiger partial charge in [0.25, 0.3) is 5.91 Å². The zero-order chi connectivity index (χ0) is 16.1. The smallest absolute Gasteiger partial charge is 0.266 e. The normalized spacial score (nSPS) is 12.0. The van der Waals surface area contributed by atoms with Crippen molar-refractivity contribution in [3.8, 4) is 5.75 Å². The molecular formula is C14H16ClN3O2S2. The Labute approximate surface area is 142 Å². The van der Waals surface area contributed by atoms with Crippen molar-refractivity contribution >= 4 is 45.7 Å². The fraction of sp³-hybridized carbons (Fsp3) is 0.357. The van der Waals surface area contributed by atoms with Gasteiger partial charge in [0.05, 0.1) is 0 Å². The van der Waals surface area contributed by atoms with Crippen LogP contribution in [-0.4, -0.2) is 28.0 Å². The molecule has 22 heavy (non-hydrogen) atoms. The highest BCUT2D eigenvalue weighted by molar-refractivity contribution is 8.01. The van der Waals surface area contributed by atoms with Crippen molar-refractivity contribution in [1.82, 2.24) is 10.2 Å². The van der Waals surface area contributed by atoms with Gasteiger partial charge in [-0.05, 0) is 43.4 Å². The first-order chi connectivity index (χ1) is 10.5. The van der Waals surface area contributed by atoms with E-state index in [9.17, 15) is 4.79 Å². The van der Waals surface area contributed by atoms with Crippen molar-refractivity contribution in [2.24, 2.45) is 0 Å². The van der Waals surface area contributed by atoms with Gasteiger partial charge in [0.15, 0.2) is 10.4 Å². The molecule has 2 aromatic rings. The molecule has 0 fully saturated rings. The molecule has 0 bridgehead atoms. The van der Waals surface area contributed by atoms with Gasteiger partial charge in [-0.2, -0.15) is 0 Å². The van der Waals surface area contributed by atoms with Crippen LogP contribution in [0.25, 0.3) is 0 Å². The fourth-order valence-corrected chi connectivity index (χ4v) is 3.52. The van der Waals surface area contributed by atoms with E-state index in [0.717, 1.165) is 15.7 Å². The molecule has 1 amide bonds. The van der Waals surface area contributed by atoms with E-state index < -0.39 is 6.10 Å². The van der Waals surface area contributed by atoms with Crippen molar-refractivity contribution < 1.29 is 9.53 Å². The average molecular weight is 358 g/mol. The second-order valence-electron chi connectivity index (χ2n) is 4.47. The van der Waals surface area contributed by atoms with E-state index in [1.807, 2.05) is 13.8 Å². The number of halogens is 1. The quantitative estimate of drug-likeness (QED) is 0.625. The molecule has 8 heteroatoms. The molecule has 0 saturated carbocycles. The molecule has 0 unspecified atom stereocenters. The van der Waals surface area contributed by atoms with Crippen molar-refractivity contribution in [1.29, 1.82) is 0 Å². The molecule has 0 spiro atoms. The molecule has 5 nitrogen and oxygen atoms in total. The highest BCUT2D eigenvalue weighted by atomic mass is 35.5. The summed E-state index contributed by atoms with van der Waals surface area (Å²) in [7, 11) is 0. The van der Waals surface area contributed by atoms with E-state index in [1.165, 1.54) is 11.3 Å². The first-order valence-electron chi connectivity index (χ1n) is 6.69. The van der Waals surface area contributed by atoms with Gasteiger partial charge < -0.3 is 4.74 Å². The molecule has 1 aromatic heterocycles. The van der Waals surface area contributed by atoms with E-state index in [2.05, 4.69) is 15.5 Å². The highest BCUT2D eigenvalue weighted by Gasteiger charge is 2.17. The number of ether oxygens (including phenoxy) is 1. The molecule has 0 radical (unpaired) electrons. The third-order valence-electron chi connectivity index (χ3n) is 2.71. The van der Waals surface area contributed by atoms with E-state index in [0.29, 0.717) is 15.9 Å². The van der Waals surface area contributed by atoms with Crippen LogP contribution >= 0.6 is 34.7 Å². The van der Waals surface area contributed by atoms with Crippen molar-refractivity contribution in [3.63, 3.8) is 0 Å². The predicted octanol–water partition coefficient (Wildman–Crippen LogP) is 4.02. The van der Waals surface area contributed by atoms with Gasteiger partial charge in [0.1, 0.15) is 5.75 Å². The van der Waals surface area contributed by atoms with Crippen LogP contribution in [-0.2, 0) is 4.79 Å². The Hall–Kier alpha value is -1.31. The zero-order valence-corrected chi connectivity index (χ0v) is 14.8. The number of thioether (sulfide) groups is 1. The lowest BCUT2D eigenvalue weighted by molar-refractivity contribution is -0.122. The van der Waals surface area contributed by atoms with Gasteiger partial charge in [-0.15, -0.1) is 10.2 Å². The van der Waals surface area contributed by atoms with Crippen LogP contribution in [0.15, 0.2) is 22.5 Å². The van der Waals surface area contributed by atoms with Crippen LogP contribution in [0.5, 0.6) is 5.75 Å². The van der Waals surface area contributed by atoms with E-state index in [4.69, 9.17) is 16.3 Å². The Balaban J connectivity index is 1.96. The number of nitrogens with zero attached hydrogens (tertiary/aromatic N) is 2. The van der Waals surface area contributed by atoms with Crippen LogP contribution in [0, 0.1) is 6.92 Å². The predicted molar refractivity (Wildman–Crippen MR) is 91.2 cm³/mol. The minimum absolute atomic E-state index is 0.265. The van der Waals surface area contributed by atoms with Gasteiger partial charge in [-0.3, -0.25) is 10.1 Å². The molecule has 1 aromatic carbocycles. The summed E-state index contributed by atoms with van der Waals surface area (Å²) in [5.74, 6) is 1.28. The molecule has 0 aliphatic rings. The first kappa shape index (κ1) is 17.1. The summed E-state index contributed by atoms with van der Waals surface area (Å²) >= 11 is 8.84. The number of carbonyl (C=O) groups is 1. The summed E-state index contributed by atoms with van der Waals surface area (Å²) < 4.78 is 6.50. The Morgan fingerprint density at radius 1 is 1.50 bits per heavy atom. The Bertz CT molecular complexity index is 663. The number of nitrogens with one attached hydrogen (secondary N) is 1. The number of hydrogen-bond acceptors (Lipinski definition) is 6. The lowest BCUT2D eigenvalue weighted by Gasteiger charge is -2.15. The number of anilines is 1. The Morgan fingerprint density at radius 2 is 2.27 bits per heavy atom. The molecule has 1 atom stereocenters. The number of hydrogen-bond donors (Lipinski definition) is 1. The summed E-state index contributed by atoms with van der Waals surface area (Å²) in [6.45, 7) is 5.60. The Kier molecular flexibility index (Phi) is 6.05. The highest BCUT2D eigenvalue weighted by Crippen LogP contribution is 2.26. The van der Waals surface area contributed by atoms with Crippen molar-refractivity contribution in [2.45, 2.75) is 31.2 Å². The van der Waals surface area contributed by atoms with Crippen LogP contribution in [0.2, 0.25) is 5.02 Å². The minimum atomic E-state index is -0.647. The minimum Gasteiger partial charge on any atom is -0.481 e. The van der Waals surface area contributed by atoms with E-state index in [1.54, 1.807) is 36.9 Å². The van der Waals surface area contributed by atoms with Crippen LogP contribution in [0.1, 0.15) is 19.4 Å². The number of carbonyl (C=O) groups excluding carboxylic acids is 1. The largest absolute Gasteiger partial charge is 0.481 e. The summed E-state index contributed by atoms with van der Waals surface area (Å²) in [6, 6.07) is 5.27. The monoisotopic (exact) mass is 357 g/mol. The topological polar surface area (TPSA) is 64.1 Å². The molecule has 1 heterocycles. The second-order valence-corrected chi connectivity index (χ2v) is 7.39. The first-order valence-corrected chi connectivity index (χ1v) is 8.87. The number of rotatable bonds is 6. The lowest BCUT2D eigenvalue weighted by Crippen LogP contribution is -2.30. The summed E-state index contributed by atoms with van der Waals surface area (Å²) in [5.41, 5.74) is 0.879. The summed E-state index contributed by atoms with van der Waals surface area (Å²) in [6.07, 6.45) is -0.647. The third kappa shape index (κ3) is 4.59. The molecule has 2 rings (SSSR count). The standard InChI is InChI=1S/C14H16ClN3O2S2/c1-4-21-14-18-17-13(22-14)16-12(19)9(3)20-11-6-5-10(15)7-8(11)2/h5-7,9H,4H2,1-3H3,(H,16,17,19)/t9-/m1/s1. The number of aromatic nitrogens is 2. The fourth-order valence-electron chi connectivity index (χ4n) is 1.64. The van der Waals surface area contributed by atoms with E-state index >= 15 is 0 Å². The van der Waals surface area contributed by atoms with E-state index in [-0.39, 0.29) is 5.91 Å². The average Bonchev–Trinajstić information content (AvgIpc) is 2.89. The molecular weight excluding hydrogens is 342 g/mol. The zero-order valence-electron chi connectivity index (χ0n) is 12.4. The summed E-state index contributed by atoms with van der Waals surface area (Å²) in [5, 5.41) is 11.7. The van der Waals surface area contributed by atoms with Crippen LogP contribution in [0.3, 0.4) is 0 Å². The Morgan fingerprint density at radius 3 is 2.95 bits per heavy atom.